The minimum Gasteiger partial charge on any atom is -0.394 e. The highest BCUT2D eigenvalue weighted by Crippen LogP contribution is 2.66. The van der Waals surface area contributed by atoms with Crippen molar-refractivity contribution in [3.8, 4) is 0 Å². The molecule has 2 unspecified atom stereocenters. The van der Waals surface area contributed by atoms with E-state index in [4.69, 9.17) is 0 Å². The summed E-state index contributed by atoms with van der Waals surface area (Å²) in [5, 5.41) is 15.6. The van der Waals surface area contributed by atoms with Crippen LogP contribution in [0, 0.1) is 11.8 Å². The topological polar surface area (TPSA) is 102 Å². The summed E-state index contributed by atoms with van der Waals surface area (Å²) in [6, 6.07) is 6.48. The zero-order chi connectivity index (χ0) is 23.9. The quantitative estimate of drug-likeness (QED) is 0.530. The Kier molecular flexibility index (Phi) is 6.64. The van der Waals surface area contributed by atoms with Crippen LogP contribution in [-0.2, 0) is 14.4 Å². The number of carbonyl (C=O) groups excluding carboxylic acids is 3. The Balaban J connectivity index is 1.64. The Labute approximate surface area is 199 Å². The van der Waals surface area contributed by atoms with E-state index >= 15 is 0 Å². The first kappa shape index (κ1) is 23.9. The molecule has 0 aliphatic carbocycles. The number of likely N-dealkylation sites (tertiary alicyclic amines) is 1. The molecule has 1 spiro atoms. The van der Waals surface area contributed by atoms with Crippen LogP contribution in [-0.4, -0.2) is 76.6 Å². The van der Waals surface area contributed by atoms with E-state index in [0.717, 1.165) is 25.2 Å². The molecule has 0 saturated carbocycles. The monoisotopic (exact) mass is 474 g/mol. The molecule has 6 atom stereocenters. The van der Waals surface area contributed by atoms with Gasteiger partial charge in [0.15, 0.2) is 0 Å². The summed E-state index contributed by atoms with van der Waals surface area (Å²) in [5.74, 6) is -1.59. The number of benzene rings is 1. The van der Waals surface area contributed by atoms with Gasteiger partial charge in [-0.05, 0) is 57.9 Å². The summed E-state index contributed by atoms with van der Waals surface area (Å²) >= 11 is 1.62. The molecule has 3 aliphatic rings. The molecule has 8 nitrogen and oxygen atoms in total. The fraction of sp³-hybridized carbons (Fsp3) is 0.625. The lowest BCUT2D eigenvalue weighted by Gasteiger charge is -2.36. The molecule has 0 aromatic heterocycles. The number of anilines is 2. The van der Waals surface area contributed by atoms with E-state index in [1.807, 2.05) is 24.3 Å². The minimum atomic E-state index is -0.732. The van der Waals surface area contributed by atoms with E-state index in [9.17, 15) is 19.5 Å². The highest BCUT2D eigenvalue weighted by molar-refractivity contribution is 8.02. The van der Waals surface area contributed by atoms with Gasteiger partial charge in [-0.3, -0.25) is 14.4 Å². The number of aliphatic hydroxyl groups is 1. The Morgan fingerprint density at radius 2 is 1.91 bits per heavy atom. The number of hydrogen-bond donors (Lipinski definition) is 3. The highest BCUT2D eigenvalue weighted by atomic mass is 32.2. The standard InChI is InChI=1S/C24H34N4O4S/c1-5-27(6-2)16-9-7-15(8-10-16)26-22(31)20-24-12-11-17(33-24)18(21(30)25-4)19(24)23(32)28(20)14(3)13-29/h7-10,14,17-20,29H,5-6,11-13H2,1-4H3,(H,25,30)(H,26,31)/t14-,17-,18+,19+,20?,24?/m1/s1. The predicted octanol–water partition coefficient (Wildman–Crippen LogP) is 1.69. The average Bonchev–Trinajstić information content (AvgIpc) is 3.47. The van der Waals surface area contributed by atoms with Gasteiger partial charge in [-0.2, -0.15) is 0 Å². The SMILES string of the molecule is CCN(CC)c1ccc(NC(=O)C2N([C@H](C)CO)C(=O)[C@@H]3[C@@H](C(=O)NC)[C@H]4CCC23S4)cc1. The van der Waals surface area contributed by atoms with Crippen LogP contribution in [0.4, 0.5) is 11.4 Å². The third kappa shape index (κ3) is 3.69. The third-order valence-electron chi connectivity index (χ3n) is 7.54. The van der Waals surface area contributed by atoms with Crippen molar-refractivity contribution in [2.24, 2.45) is 11.8 Å². The second-order valence-electron chi connectivity index (χ2n) is 9.16. The lowest BCUT2D eigenvalue weighted by Crippen LogP contribution is -2.54. The van der Waals surface area contributed by atoms with Crippen LogP contribution in [0.1, 0.15) is 33.6 Å². The molecule has 4 rings (SSSR count). The van der Waals surface area contributed by atoms with E-state index in [1.54, 1.807) is 25.7 Å². The smallest absolute Gasteiger partial charge is 0.248 e. The van der Waals surface area contributed by atoms with Crippen LogP contribution in [0.3, 0.4) is 0 Å². The van der Waals surface area contributed by atoms with Crippen molar-refractivity contribution in [2.45, 2.75) is 55.7 Å². The zero-order valence-corrected chi connectivity index (χ0v) is 20.5. The molecule has 3 saturated heterocycles. The van der Waals surface area contributed by atoms with Crippen LogP contribution >= 0.6 is 11.8 Å². The number of nitrogens with one attached hydrogen (secondary N) is 2. The lowest BCUT2D eigenvalue weighted by molar-refractivity contribution is -0.141. The summed E-state index contributed by atoms with van der Waals surface area (Å²) in [4.78, 5) is 43.7. The molecule has 3 fully saturated rings. The summed E-state index contributed by atoms with van der Waals surface area (Å²) in [5.41, 5.74) is 1.75. The fourth-order valence-corrected chi connectivity index (χ4v) is 8.18. The number of amides is 3. The number of aliphatic hydroxyl groups excluding tert-OH is 1. The van der Waals surface area contributed by atoms with Gasteiger partial charge in [0.05, 0.1) is 29.2 Å². The summed E-state index contributed by atoms with van der Waals surface area (Å²) < 4.78 is -0.645. The first-order valence-corrected chi connectivity index (χ1v) is 12.7. The van der Waals surface area contributed by atoms with E-state index in [1.165, 1.54) is 4.90 Å². The first-order chi connectivity index (χ1) is 15.8. The van der Waals surface area contributed by atoms with Gasteiger partial charge in [0.25, 0.3) is 0 Å². The van der Waals surface area contributed by atoms with Crippen molar-refractivity contribution in [3.63, 3.8) is 0 Å². The van der Waals surface area contributed by atoms with Gasteiger partial charge in [0.1, 0.15) is 6.04 Å². The van der Waals surface area contributed by atoms with Crippen LogP contribution in [0.25, 0.3) is 0 Å². The minimum absolute atomic E-state index is 0.0362. The summed E-state index contributed by atoms with van der Waals surface area (Å²) in [6.45, 7) is 7.51. The molecule has 3 amide bonds. The van der Waals surface area contributed by atoms with Gasteiger partial charge in [-0.1, -0.05) is 0 Å². The number of hydrogen-bond acceptors (Lipinski definition) is 6. The van der Waals surface area contributed by atoms with Gasteiger partial charge in [0.2, 0.25) is 17.7 Å². The molecule has 9 heteroatoms. The lowest BCUT2D eigenvalue weighted by atomic mass is 9.71. The number of fused-ring (bicyclic) bond motifs is 1. The highest BCUT2D eigenvalue weighted by Gasteiger charge is 2.73. The molecule has 3 N–H and O–H groups in total. The molecule has 1 aromatic rings. The van der Waals surface area contributed by atoms with Gasteiger partial charge in [0, 0.05) is 36.8 Å². The van der Waals surface area contributed by atoms with Crippen molar-refractivity contribution >= 4 is 40.9 Å². The van der Waals surface area contributed by atoms with Crippen LogP contribution in [0.5, 0.6) is 0 Å². The Hall–Kier alpha value is -2.26. The number of rotatable bonds is 8. The van der Waals surface area contributed by atoms with Gasteiger partial charge < -0.3 is 25.5 Å². The molecule has 3 heterocycles. The Morgan fingerprint density at radius 3 is 2.48 bits per heavy atom. The van der Waals surface area contributed by atoms with Crippen molar-refractivity contribution < 1.29 is 19.5 Å². The second kappa shape index (κ2) is 9.18. The fourth-order valence-electron chi connectivity index (χ4n) is 5.97. The van der Waals surface area contributed by atoms with Crippen LogP contribution < -0.4 is 15.5 Å². The number of nitrogens with zero attached hydrogens (tertiary/aromatic N) is 2. The van der Waals surface area contributed by atoms with Crippen molar-refractivity contribution in [1.29, 1.82) is 0 Å². The number of carbonyl (C=O) groups is 3. The van der Waals surface area contributed by atoms with Gasteiger partial charge in [-0.15, -0.1) is 11.8 Å². The van der Waals surface area contributed by atoms with Crippen LogP contribution in [0.15, 0.2) is 24.3 Å². The maximum atomic E-state index is 13.7. The molecule has 3 aliphatic heterocycles. The molecule has 180 valence electrons. The Bertz CT molecular complexity index is 922. The van der Waals surface area contributed by atoms with E-state index in [2.05, 4.69) is 29.4 Å². The molecule has 1 aromatic carbocycles. The molecular weight excluding hydrogens is 440 g/mol. The maximum absolute atomic E-state index is 13.7. The summed E-state index contributed by atoms with van der Waals surface area (Å²) in [7, 11) is 1.59. The van der Waals surface area contributed by atoms with Crippen molar-refractivity contribution in [3.05, 3.63) is 24.3 Å². The molecule has 2 bridgehead atoms. The van der Waals surface area contributed by atoms with Gasteiger partial charge >= 0.3 is 0 Å². The molecular formula is C24H34N4O4S. The molecule has 0 radical (unpaired) electrons. The number of thioether (sulfide) groups is 1. The Morgan fingerprint density at radius 1 is 1.24 bits per heavy atom. The second-order valence-corrected chi connectivity index (χ2v) is 10.8. The maximum Gasteiger partial charge on any atom is 0.248 e. The molecule has 33 heavy (non-hydrogen) atoms. The van der Waals surface area contributed by atoms with E-state index in [0.29, 0.717) is 12.1 Å². The normalized spacial score (nSPS) is 30.8. The zero-order valence-electron chi connectivity index (χ0n) is 19.7. The van der Waals surface area contributed by atoms with Crippen LogP contribution in [0.2, 0.25) is 0 Å². The van der Waals surface area contributed by atoms with Gasteiger partial charge in [-0.25, -0.2) is 0 Å². The first-order valence-electron chi connectivity index (χ1n) is 11.8. The van der Waals surface area contributed by atoms with Crippen molar-refractivity contribution in [1.82, 2.24) is 10.2 Å². The van der Waals surface area contributed by atoms with E-state index in [-0.39, 0.29) is 29.6 Å². The predicted molar refractivity (Wildman–Crippen MR) is 130 cm³/mol. The van der Waals surface area contributed by atoms with Crippen molar-refractivity contribution in [2.75, 3.05) is 37.0 Å². The average molecular weight is 475 g/mol. The largest absolute Gasteiger partial charge is 0.394 e. The summed E-state index contributed by atoms with van der Waals surface area (Å²) in [6.07, 6.45) is 1.51. The third-order valence-corrected chi connectivity index (χ3v) is 9.49. The van der Waals surface area contributed by atoms with E-state index < -0.39 is 28.7 Å².